The van der Waals surface area contributed by atoms with Gasteiger partial charge in [0.05, 0.1) is 22.3 Å². The molecule has 0 bridgehead atoms. The molecule has 13 nitrogen and oxygen atoms in total. The van der Waals surface area contributed by atoms with E-state index >= 15 is 0 Å². The van der Waals surface area contributed by atoms with Gasteiger partial charge >= 0.3 is 0 Å². The molecule has 4 fully saturated rings. The normalized spacial score (nSPS) is 21.7. The number of carbonyl (C=O) groups is 6. The van der Waals surface area contributed by atoms with Gasteiger partial charge in [0.2, 0.25) is 29.5 Å². The third-order valence-electron chi connectivity index (χ3n) is 14.5. The highest BCUT2D eigenvalue weighted by Crippen LogP contribution is 2.48. The number of thiocarbonyl (C=S) groups is 2. The number of rotatable bonds is 18. The number of nitrogens with one attached hydrogen (secondary N) is 5. The summed E-state index contributed by atoms with van der Waals surface area (Å²) < 4.78 is 0. The third kappa shape index (κ3) is 23.0. The van der Waals surface area contributed by atoms with Gasteiger partial charge in [-0.1, -0.05) is 138 Å². The molecular formula is C55H91N7O6S14. The van der Waals surface area contributed by atoms with E-state index in [1.165, 1.54) is 0 Å². The molecule has 4 aliphatic heterocycles. The van der Waals surface area contributed by atoms with Crippen LogP contribution in [-0.4, -0.2) is 115 Å². The van der Waals surface area contributed by atoms with Crippen LogP contribution in [0.2, 0.25) is 0 Å². The van der Waals surface area contributed by atoms with Gasteiger partial charge in [-0.15, -0.1) is 23.5 Å². The Labute approximate surface area is 577 Å². The summed E-state index contributed by atoms with van der Waals surface area (Å²) in [5.74, 6) is 10.9. The Hall–Kier alpha value is -1.28. The molecule has 82 heavy (non-hydrogen) atoms. The van der Waals surface area contributed by atoms with Gasteiger partial charge in [0, 0.05) is 35.6 Å². The summed E-state index contributed by atoms with van der Waals surface area (Å²) in [7, 11) is 1.84. The lowest BCUT2D eigenvalue weighted by molar-refractivity contribution is -0.144. The maximum Gasteiger partial charge on any atom is 0.247 e. The minimum absolute atomic E-state index is 0. The van der Waals surface area contributed by atoms with Gasteiger partial charge in [0.15, 0.2) is 5.78 Å². The molecule has 466 valence electrons. The van der Waals surface area contributed by atoms with Crippen LogP contribution in [0.5, 0.6) is 0 Å². The molecule has 0 unspecified atom stereocenters. The van der Waals surface area contributed by atoms with E-state index in [-0.39, 0.29) is 206 Å². The maximum atomic E-state index is 14.4. The standard InChI is InChI=1S/C55H71N7O6S4.10H2S/c1-9-34(2)51(70)58-39-27-30-72-43-33-55(6,7)47(62(43)53(39)68)49(65)59-44(36-21-15-13-16-22-36)40(63)25-19-11-10-12-20-28-57-48(64)45(37-23-17-14-18-24-37)60-50(66)46-54(4,5)32-42-61(46)52(67)38(26-29-71-42)31-41(69)35(3)56-8;;;;;;;;;;/h13-18,21-24,34-35,38-39,42-47,56H,9,19,25-33H2,1-8H3,(H,57,64)(H,58,70)(H,59,65)(H,60,66);10*1H2/t34-,35+,38-,39+,42+,43+,44+,45+,46-,47-;;;;;;;;;;/m1........../s1. The molecule has 4 aliphatic rings. The van der Waals surface area contributed by atoms with Gasteiger partial charge in [-0.25, -0.2) is 0 Å². The number of ketones is 1. The molecule has 5 N–H and O–H groups in total. The maximum absolute atomic E-state index is 14.4. The van der Waals surface area contributed by atoms with Gasteiger partial charge in [-0.3, -0.25) is 28.8 Å². The van der Waals surface area contributed by atoms with Crippen molar-refractivity contribution < 1.29 is 28.8 Å². The van der Waals surface area contributed by atoms with E-state index in [9.17, 15) is 28.8 Å². The van der Waals surface area contributed by atoms with Crippen molar-refractivity contribution in [2.24, 2.45) is 22.7 Å². The highest BCUT2D eigenvalue weighted by molar-refractivity contribution is 8.00. The highest BCUT2D eigenvalue weighted by atomic mass is 32.2. The van der Waals surface area contributed by atoms with Crippen LogP contribution in [0.3, 0.4) is 0 Å². The van der Waals surface area contributed by atoms with E-state index in [0.29, 0.717) is 48.2 Å². The molecule has 4 heterocycles. The summed E-state index contributed by atoms with van der Waals surface area (Å²) in [4.78, 5) is 90.1. The van der Waals surface area contributed by atoms with E-state index in [1.54, 1.807) is 69.7 Å². The van der Waals surface area contributed by atoms with Crippen molar-refractivity contribution in [2.45, 2.75) is 147 Å². The number of Topliss-reactive ketones (excluding diaryl/α,β-unsaturated/α-hetero) is 1. The van der Waals surface area contributed by atoms with Crippen LogP contribution >= 0.6 is 183 Å². The fraction of sp³-hybridized carbons (Fsp3) is 0.564. The predicted molar refractivity (Wildman–Crippen MR) is 399 cm³/mol. The Morgan fingerprint density at radius 3 is 1.65 bits per heavy atom. The molecule has 0 spiro atoms. The van der Waals surface area contributed by atoms with Crippen LogP contribution in [0.15, 0.2) is 60.7 Å². The SMILES string of the molecule is CC[C@@H](C)C(=S)N[C@H]1CCS[C@H]2CC(C)(C)[C@@H](C(=O)N[C@H](C(=O)CCC#CC#CCNC(=O)[C@@H](NC(=O)[C@H]3N4C(=O)[C@@H](CC(=S)[C@H](C)NC)CCS[C@H]4CC3(C)C)c3ccccc3)c3ccccc3)N2C1=O.S.S.S.S.S.S.S.S.S.S. The molecule has 0 radical (unpaired) electrons. The number of hydrogen-bond donors (Lipinski definition) is 5. The van der Waals surface area contributed by atoms with Crippen molar-refractivity contribution in [1.82, 2.24) is 36.4 Å². The Balaban J connectivity index is -0.00000198. The lowest BCUT2D eigenvalue weighted by Gasteiger charge is -2.35. The zero-order valence-corrected chi connectivity index (χ0v) is 61.1. The van der Waals surface area contributed by atoms with Crippen LogP contribution in [0.4, 0.5) is 0 Å². The second kappa shape index (κ2) is 41.8. The van der Waals surface area contributed by atoms with Crippen molar-refractivity contribution in [2.75, 3.05) is 25.1 Å². The first-order valence-corrected chi connectivity index (χ1v) is 28.1. The largest absolute Gasteiger partial charge is 0.368 e. The van der Waals surface area contributed by atoms with Gasteiger partial charge in [0.1, 0.15) is 30.2 Å². The first-order chi connectivity index (χ1) is 34.3. The van der Waals surface area contributed by atoms with Crippen molar-refractivity contribution in [1.29, 1.82) is 0 Å². The lowest BCUT2D eigenvalue weighted by Crippen LogP contribution is -2.57. The van der Waals surface area contributed by atoms with E-state index in [2.05, 4.69) is 57.2 Å². The summed E-state index contributed by atoms with van der Waals surface area (Å²) >= 11 is 14.7. The zero-order valence-electron chi connectivity index (χ0n) is 47.8. The molecule has 2 aromatic carbocycles. The molecule has 5 amide bonds. The van der Waals surface area contributed by atoms with E-state index in [4.69, 9.17) is 24.4 Å². The first kappa shape index (κ1) is 89.5. The van der Waals surface area contributed by atoms with Crippen molar-refractivity contribution >= 4 is 228 Å². The summed E-state index contributed by atoms with van der Waals surface area (Å²) in [6.45, 7) is 14.0. The number of carbonyl (C=O) groups excluding carboxylic acids is 6. The summed E-state index contributed by atoms with van der Waals surface area (Å²) in [5.41, 5.74) is 0.0842. The van der Waals surface area contributed by atoms with Crippen LogP contribution in [0.1, 0.15) is 123 Å². The lowest BCUT2D eigenvalue weighted by atomic mass is 9.83. The molecule has 0 aliphatic carbocycles. The minimum Gasteiger partial charge on any atom is -0.368 e. The molecule has 4 saturated heterocycles. The second-order valence-corrected chi connectivity index (χ2v) is 24.2. The summed E-state index contributed by atoms with van der Waals surface area (Å²) in [6.07, 6.45) is 4.04. The molecule has 2 aromatic rings. The van der Waals surface area contributed by atoms with E-state index < -0.39 is 52.9 Å². The quantitative estimate of drug-likeness (QED) is 0.0727. The average Bonchev–Trinajstić information content (AvgIpc) is 3.68. The van der Waals surface area contributed by atoms with Gasteiger partial charge in [0.25, 0.3) is 0 Å². The fourth-order valence-electron chi connectivity index (χ4n) is 10.0. The monoisotopic (exact) mass is 1390 g/mol. The van der Waals surface area contributed by atoms with Crippen LogP contribution < -0.4 is 26.6 Å². The molecule has 27 heteroatoms. The summed E-state index contributed by atoms with van der Waals surface area (Å²) in [6, 6.07) is 13.8. The summed E-state index contributed by atoms with van der Waals surface area (Å²) in [5, 5.41) is 15.0. The number of hydrogen-bond acceptors (Lipinski definition) is 11. The first-order valence-electron chi connectivity index (χ1n) is 25.1. The van der Waals surface area contributed by atoms with Gasteiger partial charge in [-0.2, -0.15) is 135 Å². The smallest absolute Gasteiger partial charge is 0.247 e. The number of amides is 5. The molecule has 6 rings (SSSR count). The van der Waals surface area contributed by atoms with E-state index in [1.807, 2.05) is 72.9 Å². The Morgan fingerprint density at radius 1 is 0.683 bits per heavy atom. The Bertz CT molecular complexity index is 2330. The van der Waals surface area contributed by atoms with Crippen LogP contribution in [0.25, 0.3) is 0 Å². The van der Waals surface area contributed by atoms with Crippen molar-refractivity contribution in [3.63, 3.8) is 0 Å². The minimum atomic E-state index is -1.06. The van der Waals surface area contributed by atoms with Crippen LogP contribution in [-0.2, 0) is 28.8 Å². The number of fused-ring (bicyclic) bond motifs is 2. The zero-order chi connectivity index (χ0) is 52.3. The highest BCUT2D eigenvalue weighted by Gasteiger charge is 2.56. The number of nitrogens with zero attached hydrogens (tertiary/aromatic N) is 2. The Kier molecular flexibility index (Phi) is 45.6. The number of benzene rings is 2. The van der Waals surface area contributed by atoms with Crippen LogP contribution in [0, 0.1) is 46.3 Å². The topological polar surface area (TPSA) is 169 Å². The van der Waals surface area contributed by atoms with Gasteiger partial charge < -0.3 is 36.4 Å². The molecule has 10 atom stereocenters. The second-order valence-electron chi connectivity index (χ2n) is 20.7. The van der Waals surface area contributed by atoms with E-state index in [0.717, 1.165) is 22.8 Å². The predicted octanol–water partition coefficient (Wildman–Crippen LogP) is 7.80. The molecular weight excluding hydrogens is 1300 g/mol. The van der Waals surface area contributed by atoms with Crippen molar-refractivity contribution in [3.05, 3.63) is 71.8 Å². The molecule has 0 saturated carbocycles. The van der Waals surface area contributed by atoms with Gasteiger partial charge in [-0.05, 0) is 97.8 Å². The van der Waals surface area contributed by atoms with Crippen molar-refractivity contribution in [3.8, 4) is 23.7 Å². The average molecular weight is 1400 g/mol. The molecule has 0 aromatic heterocycles. The number of thioether (sulfide) groups is 2. The Morgan fingerprint density at radius 2 is 1.15 bits per heavy atom. The third-order valence-corrected chi connectivity index (χ3v) is 18.0. The fourth-order valence-corrected chi connectivity index (χ4v) is 13.9.